The number of hydrogen-bond acceptors (Lipinski definition) is 5. The van der Waals surface area contributed by atoms with E-state index in [0.29, 0.717) is 23.0 Å². The van der Waals surface area contributed by atoms with Crippen LogP contribution in [0.15, 0.2) is 47.8 Å². The number of tetrazole rings is 1. The Balaban J connectivity index is 2.21. The van der Waals surface area contributed by atoms with Gasteiger partial charge in [0.05, 0.1) is 21.7 Å². The van der Waals surface area contributed by atoms with Gasteiger partial charge >= 0.3 is 0 Å². The van der Waals surface area contributed by atoms with Crippen molar-refractivity contribution in [3.8, 4) is 5.69 Å². The lowest BCUT2D eigenvalue weighted by molar-refractivity contribution is 0.392. The van der Waals surface area contributed by atoms with Crippen LogP contribution < -0.4 is 5.01 Å². The van der Waals surface area contributed by atoms with Crippen molar-refractivity contribution in [2.75, 3.05) is 5.01 Å². The lowest BCUT2D eigenvalue weighted by Gasteiger charge is -2.35. The second kappa shape index (κ2) is 7.44. The van der Waals surface area contributed by atoms with Crippen molar-refractivity contribution in [2.45, 2.75) is 39.7 Å². The molecule has 0 aliphatic rings. The van der Waals surface area contributed by atoms with Gasteiger partial charge in [0.1, 0.15) is 5.54 Å². The van der Waals surface area contributed by atoms with Crippen molar-refractivity contribution >= 4 is 17.3 Å². The van der Waals surface area contributed by atoms with Crippen LogP contribution in [0.25, 0.3) is 5.69 Å². The number of benzene rings is 2. The number of aromatic nitrogens is 4. The Bertz CT molecular complexity index is 952. The first kappa shape index (κ1) is 19.0. The number of anilines is 1. The zero-order valence-corrected chi connectivity index (χ0v) is 16.5. The summed E-state index contributed by atoms with van der Waals surface area (Å²) in [6, 6.07) is 13.1. The Morgan fingerprint density at radius 1 is 1.15 bits per heavy atom. The zero-order chi connectivity index (χ0) is 19.6. The molecule has 0 saturated heterocycles. The topological polar surface area (TPSA) is 76.3 Å². The number of nitrogens with zero attached hydrogens (tertiary/aromatic N) is 6. The average Bonchev–Trinajstić information content (AvgIpc) is 3.13. The molecule has 0 aliphatic carbocycles. The Morgan fingerprint density at radius 3 is 2.41 bits per heavy atom. The molecule has 27 heavy (non-hydrogen) atoms. The quantitative estimate of drug-likeness (QED) is 0.453. The van der Waals surface area contributed by atoms with E-state index < -0.39 is 5.54 Å². The summed E-state index contributed by atoms with van der Waals surface area (Å²) in [4.78, 5) is 11.9. The molecule has 0 amide bonds. The van der Waals surface area contributed by atoms with Gasteiger partial charge in [0.25, 0.3) is 0 Å². The summed E-state index contributed by atoms with van der Waals surface area (Å²) in [7, 11) is 0. The molecule has 3 rings (SSSR count). The highest BCUT2D eigenvalue weighted by Crippen LogP contribution is 2.39. The molecule has 3 aromatic rings. The molecular formula is C19H21ClN6O. The molecule has 0 unspecified atom stereocenters. The molecule has 0 aliphatic heterocycles. The molecule has 1 atom stereocenters. The normalized spacial score (nSPS) is 13.2. The van der Waals surface area contributed by atoms with Gasteiger partial charge in [0, 0.05) is 0 Å². The van der Waals surface area contributed by atoms with Crippen molar-refractivity contribution in [1.29, 1.82) is 0 Å². The van der Waals surface area contributed by atoms with Gasteiger partial charge in [-0.3, -0.25) is 0 Å². The van der Waals surface area contributed by atoms with Gasteiger partial charge in [-0.25, -0.2) is 5.01 Å². The first-order valence-corrected chi connectivity index (χ1v) is 9.05. The van der Waals surface area contributed by atoms with Crippen LogP contribution in [0.4, 0.5) is 5.69 Å². The monoisotopic (exact) mass is 384 g/mol. The van der Waals surface area contributed by atoms with E-state index in [9.17, 15) is 4.91 Å². The largest absolute Gasteiger partial charge is 0.214 e. The van der Waals surface area contributed by atoms with Gasteiger partial charge in [-0.05, 0) is 60.9 Å². The molecule has 2 aromatic carbocycles. The maximum absolute atomic E-state index is 11.9. The maximum Gasteiger partial charge on any atom is 0.184 e. The molecule has 0 bridgehead atoms. The molecule has 140 valence electrons. The number of hydrogen-bond donors (Lipinski definition) is 0. The summed E-state index contributed by atoms with van der Waals surface area (Å²) in [6.07, 6.45) is 0.537. The maximum atomic E-state index is 11.9. The molecule has 7 nitrogen and oxygen atoms in total. The van der Waals surface area contributed by atoms with Crippen molar-refractivity contribution in [1.82, 2.24) is 20.2 Å². The first-order chi connectivity index (χ1) is 12.9. The van der Waals surface area contributed by atoms with E-state index in [2.05, 4.69) is 20.8 Å². The highest BCUT2D eigenvalue weighted by Gasteiger charge is 2.40. The summed E-state index contributed by atoms with van der Waals surface area (Å²) < 4.78 is 1.68. The van der Waals surface area contributed by atoms with Crippen LogP contribution in [-0.2, 0) is 5.54 Å². The number of para-hydroxylation sites is 2. The van der Waals surface area contributed by atoms with Crippen LogP contribution in [0, 0.1) is 18.8 Å². The van der Waals surface area contributed by atoms with Gasteiger partial charge in [-0.2, -0.15) is 4.68 Å². The van der Waals surface area contributed by atoms with Crippen LogP contribution in [0.5, 0.6) is 0 Å². The minimum Gasteiger partial charge on any atom is -0.214 e. The lowest BCUT2D eigenvalue weighted by atomic mass is 9.95. The van der Waals surface area contributed by atoms with Crippen LogP contribution in [0.2, 0.25) is 5.02 Å². The SMILES string of the molecule is CC[C@](C)(c1nnnn1-c1c(C)cccc1C)N(N=O)c1ccccc1Cl. The van der Waals surface area contributed by atoms with E-state index in [1.165, 1.54) is 5.01 Å². The fourth-order valence-corrected chi connectivity index (χ4v) is 3.46. The lowest BCUT2D eigenvalue weighted by Crippen LogP contribution is -2.42. The number of rotatable bonds is 6. The van der Waals surface area contributed by atoms with Crippen LogP contribution in [0.1, 0.15) is 37.2 Å². The summed E-state index contributed by atoms with van der Waals surface area (Å²) in [5, 5.41) is 17.4. The number of halogens is 1. The van der Waals surface area contributed by atoms with E-state index in [1.807, 2.05) is 52.0 Å². The Labute approximate surface area is 162 Å². The smallest absolute Gasteiger partial charge is 0.184 e. The predicted molar refractivity (Wildman–Crippen MR) is 106 cm³/mol. The van der Waals surface area contributed by atoms with E-state index in [0.717, 1.165) is 16.8 Å². The first-order valence-electron chi connectivity index (χ1n) is 8.67. The third-order valence-corrected chi connectivity index (χ3v) is 5.24. The Kier molecular flexibility index (Phi) is 5.23. The molecule has 8 heteroatoms. The molecule has 1 aromatic heterocycles. The zero-order valence-electron chi connectivity index (χ0n) is 15.7. The molecule has 0 spiro atoms. The van der Waals surface area contributed by atoms with Gasteiger partial charge in [-0.1, -0.05) is 48.9 Å². The van der Waals surface area contributed by atoms with Crippen LogP contribution >= 0.6 is 11.6 Å². The molecule has 1 heterocycles. The fraction of sp³-hybridized carbons (Fsp3) is 0.316. The van der Waals surface area contributed by atoms with Crippen molar-refractivity contribution in [3.05, 3.63) is 69.3 Å². The molecule has 0 N–H and O–H groups in total. The highest BCUT2D eigenvalue weighted by atomic mass is 35.5. The van der Waals surface area contributed by atoms with E-state index in [4.69, 9.17) is 11.6 Å². The summed E-state index contributed by atoms with van der Waals surface area (Å²) in [5.74, 6) is 0.516. The average molecular weight is 385 g/mol. The number of nitroso groups, excluding NO2 is 1. The molecule has 0 saturated carbocycles. The molecule has 0 radical (unpaired) electrons. The third-order valence-electron chi connectivity index (χ3n) is 4.92. The summed E-state index contributed by atoms with van der Waals surface area (Å²) in [6.45, 7) is 7.84. The van der Waals surface area contributed by atoms with Gasteiger partial charge in [-0.15, -0.1) is 10.0 Å². The Morgan fingerprint density at radius 2 is 1.81 bits per heavy atom. The van der Waals surface area contributed by atoms with E-state index >= 15 is 0 Å². The van der Waals surface area contributed by atoms with E-state index in [1.54, 1.807) is 22.9 Å². The van der Waals surface area contributed by atoms with Crippen LogP contribution in [0.3, 0.4) is 0 Å². The molecule has 0 fully saturated rings. The minimum atomic E-state index is -0.898. The second-order valence-corrected chi connectivity index (χ2v) is 7.03. The number of aryl methyl sites for hydroxylation is 2. The minimum absolute atomic E-state index is 0.433. The fourth-order valence-electron chi connectivity index (χ4n) is 3.24. The van der Waals surface area contributed by atoms with Crippen LogP contribution in [-0.4, -0.2) is 20.2 Å². The van der Waals surface area contributed by atoms with Crippen molar-refractivity contribution < 1.29 is 0 Å². The van der Waals surface area contributed by atoms with Crippen molar-refractivity contribution in [2.24, 2.45) is 5.29 Å². The summed E-state index contributed by atoms with van der Waals surface area (Å²) in [5.41, 5.74) is 2.57. The van der Waals surface area contributed by atoms with E-state index in [-0.39, 0.29) is 0 Å². The Hall–Kier alpha value is -2.80. The summed E-state index contributed by atoms with van der Waals surface area (Å²) >= 11 is 6.33. The van der Waals surface area contributed by atoms with Crippen molar-refractivity contribution in [3.63, 3.8) is 0 Å². The highest BCUT2D eigenvalue weighted by molar-refractivity contribution is 6.33. The standard InChI is InChI=1S/C19H21ClN6O/c1-5-19(4,26(24-27)16-12-7-6-11-15(16)20)18-21-22-23-25(18)17-13(2)9-8-10-14(17)3/h6-12H,5H2,1-4H3/t19-/m1/s1. The predicted octanol–water partition coefficient (Wildman–Crippen LogP) is 4.75. The van der Waals surface area contributed by atoms with Gasteiger partial charge in [0.15, 0.2) is 5.82 Å². The third kappa shape index (κ3) is 3.19. The second-order valence-electron chi connectivity index (χ2n) is 6.63. The van der Waals surface area contributed by atoms with Gasteiger partial charge < -0.3 is 0 Å². The molecular weight excluding hydrogens is 364 g/mol. The van der Waals surface area contributed by atoms with Gasteiger partial charge in [0.2, 0.25) is 0 Å².